The molecule has 0 bridgehead atoms. The predicted molar refractivity (Wildman–Crippen MR) is 161 cm³/mol. The zero-order valence-corrected chi connectivity index (χ0v) is 26.4. The highest BCUT2D eigenvalue weighted by Crippen LogP contribution is 2.40. The molecule has 0 aliphatic carbocycles. The fourth-order valence-electron chi connectivity index (χ4n) is 4.75. The van der Waals surface area contributed by atoms with Gasteiger partial charge in [0.1, 0.15) is 11.8 Å². The predicted octanol–water partition coefficient (Wildman–Crippen LogP) is 4.95. The lowest BCUT2D eigenvalue weighted by molar-refractivity contribution is -0.169. The monoisotopic (exact) mass is 678 g/mol. The number of nitrogens with one attached hydrogen (secondary N) is 1. The number of carbonyl (C=O) groups excluding carboxylic acids is 2. The number of carboxylic acid groups (broad SMARTS) is 1. The van der Waals surface area contributed by atoms with Crippen molar-refractivity contribution >= 4 is 28.1 Å². The largest absolute Gasteiger partial charge is 0.480 e. The van der Waals surface area contributed by atoms with Gasteiger partial charge in [0.05, 0.1) is 29.5 Å². The average molecular weight is 679 g/mol. The van der Waals surface area contributed by atoms with Crippen molar-refractivity contribution in [2.75, 3.05) is 13.1 Å². The van der Waals surface area contributed by atoms with Gasteiger partial charge in [-0.25, -0.2) is 18.0 Å². The van der Waals surface area contributed by atoms with E-state index in [9.17, 15) is 41.1 Å². The van der Waals surface area contributed by atoms with Crippen LogP contribution >= 0.6 is 0 Å². The first-order valence-electron chi connectivity index (χ1n) is 14.4. The first-order valence-corrected chi connectivity index (χ1v) is 15.9. The SMILES string of the molecule is CC(OC(=O)N[C@@H](Cc1cccc(S(=O)(=O)N2CC(Oc3ccc(C(F)(F)F)cc3)(c3ccccc3)C2)c1)C(=O)O)OC(=O)C(C)C. The van der Waals surface area contributed by atoms with Crippen molar-refractivity contribution in [1.29, 1.82) is 0 Å². The van der Waals surface area contributed by atoms with Crippen molar-refractivity contribution in [3.05, 3.63) is 95.6 Å². The highest BCUT2D eigenvalue weighted by Gasteiger charge is 2.52. The second-order valence-corrected chi connectivity index (χ2v) is 13.1. The molecule has 252 valence electrons. The molecule has 1 unspecified atom stereocenters. The van der Waals surface area contributed by atoms with E-state index in [1.807, 2.05) is 0 Å². The standard InChI is InChI=1S/C32H33F3N2O9S/c1-20(2)29(40)44-21(3)45-30(41)36-27(28(38)39)17-22-8-7-11-26(16-22)47(42,43)37-18-31(19-37,23-9-5-4-6-10-23)46-25-14-12-24(13-15-25)32(33,34)35/h4-16,20-21,27H,17-19H2,1-3H3,(H,36,41)(H,38,39)/t21?,27-/m0/s1. The van der Waals surface area contributed by atoms with Gasteiger partial charge in [0.25, 0.3) is 0 Å². The Bertz CT molecular complexity index is 1690. The van der Waals surface area contributed by atoms with Crippen LogP contribution in [0.2, 0.25) is 0 Å². The molecule has 47 heavy (non-hydrogen) atoms. The molecule has 0 radical (unpaired) electrons. The van der Waals surface area contributed by atoms with Crippen molar-refractivity contribution in [1.82, 2.24) is 9.62 Å². The summed E-state index contributed by atoms with van der Waals surface area (Å²) in [5.41, 5.74) is -1.15. The Labute approximate surface area is 269 Å². The molecule has 11 nitrogen and oxygen atoms in total. The van der Waals surface area contributed by atoms with Crippen molar-refractivity contribution in [3.63, 3.8) is 0 Å². The third-order valence-corrected chi connectivity index (χ3v) is 9.04. The summed E-state index contributed by atoms with van der Waals surface area (Å²) in [5.74, 6) is -2.39. The van der Waals surface area contributed by atoms with Gasteiger partial charge in [-0.15, -0.1) is 0 Å². The van der Waals surface area contributed by atoms with E-state index in [0.717, 1.165) is 16.4 Å². The van der Waals surface area contributed by atoms with Gasteiger partial charge in [0.2, 0.25) is 16.3 Å². The van der Waals surface area contributed by atoms with Crippen LogP contribution in [0.3, 0.4) is 0 Å². The van der Waals surface area contributed by atoms with E-state index >= 15 is 0 Å². The maximum atomic E-state index is 13.6. The lowest BCUT2D eigenvalue weighted by Gasteiger charge is -2.48. The average Bonchev–Trinajstić information content (AvgIpc) is 2.98. The first kappa shape index (κ1) is 35.2. The molecule has 1 fully saturated rings. The Balaban J connectivity index is 1.47. The number of sulfonamides is 1. The van der Waals surface area contributed by atoms with E-state index in [0.29, 0.717) is 5.56 Å². The quantitative estimate of drug-likeness (QED) is 0.201. The first-order chi connectivity index (χ1) is 22.0. The molecule has 3 aromatic rings. The number of carbonyl (C=O) groups is 3. The number of ether oxygens (including phenoxy) is 3. The van der Waals surface area contributed by atoms with Crippen LogP contribution in [0.1, 0.15) is 37.5 Å². The number of aliphatic carboxylic acids is 1. The molecule has 1 saturated heterocycles. The minimum atomic E-state index is -4.53. The maximum absolute atomic E-state index is 13.6. The van der Waals surface area contributed by atoms with Gasteiger partial charge < -0.3 is 24.6 Å². The molecule has 0 saturated carbocycles. The molecule has 1 amide bonds. The van der Waals surface area contributed by atoms with Crippen LogP contribution in [-0.2, 0) is 47.3 Å². The van der Waals surface area contributed by atoms with E-state index in [-0.39, 0.29) is 35.7 Å². The minimum Gasteiger partial charge on any atom is -0.480 e. The number of esters is 1. The van der Waals surface area contributed by atoms with E-state index in [4.69, 9.17) is 14.2 Å². The van der Waals surface area contributed by atoms with Gasteiger partial charge in [-0.1, -0.05) is 56.3 Å². The number of rotatable bonds is 12. The number of halogens is 3. The summed E-state index contributed by atoms with van der Waals surface area (Å²) in [7, 11) is -4.14. The molecule has 1 aliphatic rings. The summed E-state index contributed by atoms with van der Waals surface area (Å²) in [6, 6.07) is 16.8. The van der Waals surface area contributed by atoms with Crippen molar-refractivity contribution in [2.45, 2.75) is 56.2 Å². The normalized spacial score (nSPS) is 16.0. The Morgan fingerprint density at radius 1 is 0.936 bits per heavy atom. The molecule has 1 heterocycles. The van der Waals surface area contributed by atoms with E-state index in [1.54, 1.807) is 44.2 Å². The summed E-state index contributed by atoms with van der Waals surface area (Å²) in [6.45, 7) is 4.15. The summed E-state index contributed by atoms with van der Waals surface area (Å²) in [6.07, 6.45) is -7.27. The number of hydrogen-bond acceptors (Lipinski definition) is 8. The van der Waals surface area contributed by atoms with Gasteiger partial charge in [-0.2, -0.15) is 17.5 Å². The Kier molecular flexibility index (Phi) is 10.5. The maximum Gasteiger partial charge on any atom is 0.416 e. The van der Waals surface area contributed by atoms with Crippen molar-refractivity contribution in [2.24, 2.45) is 5.92 Å². The molecular weight excluding hydrogens is 645 g/mol. The van der Waals surface area contributed by atoms with Crippen LogP contribution in [0.25, 0.3) is 0 Å². The van der Waals surface area contributed by atoms with Crippen LogP contribution < -0.4 is 10.1 Å². The van der Waals surface area contributed by atoms with Gasteiger partial charge in [-0.3, -0.25) is 4.79 Å². The van der Waals surface area contributed by atoms with Gasteiger partial charge in [0, 0.05) is 13.3 Å². The summed E-state index contributed by atoms with van der Waals surface area (Å²) in [4.78, 5) is 35.8. The zero-order valence-electron chi connectivity index (χ0n) is 25.6. The van der Waals surface area contributed by atoms with Crippen LogP contribution in [0.15, 0.2) is 83.8 Å². The molecule has 2 N–H and O–H groups in total. The fourth-order valence-corrected chi connectivity index (χ4v) is 6.35. The van der Waals surface area contributed by atoms with Crippen molar-refractivity contribution in [3.8, 4) is 5.75 Å². The van der Waals surface area contributed by atoms with E-state index in [1.165, 1.54) is 43.3 Å². The third kappa shape index (κ3) is 8.60. The highest BCUT2D eigenvalue weighted by atomic mass is 32.2. The number of amides is 1. The van der Waals surface area contributed by atoms with Crippen LogP contribution in [0, 0.1) is 5.92 Å². The molecule has 2 atom stereocenters. The van der Waals surface area contributed by atoms with E-state index < -0.39 is 63.6 Å². The second-order valence-electron chi connectivity index (χ2n) is 11.2. The molecule has 0 spiro atoms. The molecular formula is C32H33F3N2O9S. The van der Waals surface area contributed by atoms with Crippen LogP contribution in [-0.4, -0.2) is 61.3 Å². The Morgan fingerprint density at radius 3 is 2.15 bits per heavy atom. The van der Waals surface area contributed by atoms with E-state index in [2.05, 4.69) is 5.32 Å². The molecule has 3 aromatic carbocycles. The van der Waals surface area contributed by atoms with Crippen molar-refractivity contribution < 1.29 is 55.3 Å². The number of carboxylic acids is 1. The summed E-state index contributed by atoms with van der Waals surface area (Å²) < 4.78 is 83.6. The second kappa shape index (κ2) is 14.0. The van der Waals surface area contributed by atoms with Gasteiger partial charge in [0.15, 0.2) is 5.60 Å². The van der Waals surface area contributed by atoms with Crippen LogP contribution in [0.5, 0.6) is 5.75 Å². The molecule has 4 rings (SSSR count). The molecule has 0 aromatic heterocycles. The summed E-state index contributed by atoms with van der Waals surface area (Å²) >= 11 is 0. The lowest BCUT2D eigenvalue weighted by atomic mass is 9.87. The lowest BCUT2D eigenvalue weighted by Crippen LogP contribution is -2.64. The molecule has 15 heteroatoms. The number of hydrogen-bond donors (Lipinski definition) is 2. The third-order valence-electron chi connectivity index (χ3n) is 7.25. The summed E-state index contributed by atoms with van der Waals surface area (Å²) in [5, 5.41) is 11.9. The highest BCUT2D eigenvalue weighted by molar-refractivity contribution is 7.89. The van der Waals surface area contributed by atoms with Gasteiger partial charge in [-0.05, 0) is 47.5 Å². The zero-order chi connectivity index (χ0) is 34.6. The number of alkyl carbamates (subject to hydrolysis) is 1. The Morgan fingerprint density at radius 2 is 1.57 bits per heavy atom. The van der Waals surface area contributed by atoms with Gasteiger partial charge >= 0.3 is 24.2 Å². The number of nitrogens with zero attached hydrogens (tertiary/aromatic N) is 1. The minimum absolute atomic E-state index is 0.124. The number of benzene rings is 3. The fraction of sp³-hybridized carbons (Fsp3) is 0.344. The smallest absolute Gasteiger partial charge is 0.416 e. The number of alkyl halides is 3. The Hall–Kier alpha value is -4.63. The molecule has 1 aliphatic heterocycles. The topological polar surface area (TPSA) is 149 Å². The van der Waals surface area contributed by atoms with Crippen LogP contribution in [0.4, 0.5) is 18.0 Å².